The maximum atomic E-state index is 13.3. The average molecular weight is 545 g/mol. The van der Waals surface area contributed by atoms with Crippen molar-refractivity contribution in [2.75, 3.05) is 47.9 Å². The maximum absolute atomic E-state index is 13.3. The van der Waals surface area contributed by atoms with Crippen molar-refractivity contribution in [3.63, 3.8) is 0 Å². The molecule has 0 saturated carbocycles. The van der Waals surface area contributed by atoms with Crippen LogP contribution in [0.25, 0.3) is 0 Å². The van der Waals surface area contributed by atoms with Crippen LogP contribution in [0, 0.1) is 0 Å². The molecule has 0 bridgehead atoms. The van der Waals surface area contributed by atoms with Crippen molar-refractivity contribution >= 4 is 23.2 Å². The number of hydrazine groups is 1. The highest BCUT2D eigenvalue weighted by Crippen LogP contribution is 2.34. The second kappa shape index (κ2) is 14.9. The van der Waals surface area contributed by atoms with Crippen LogP contribution in [0.3, 0.4) is 0 Å². The first kappa shape index (κ1) is 29.6. The summed E-state index contributed by atoms with van der Waals surface area (Å²) in [6.07, 6.45) is 1.95. The molecule has 208 valence electrons. The van der Waals surface area contributed by atoms with Gasteiger partial charge in [0, 0.05) is 53.0 Å². The lowest BCUT2D eigenvalue weighted by Gasteiger charge is -2.34. The third kappa shape index (κ3) is 8.56. The molecule has 2 aromatic carbocycles. The summed E-state index contributed by atoms with van der Waals surface area (Å²) in [6, 6.07) is 14.2. The number of carbonyl (C=O) groups is 1. The molecule has 1 amide bonds. The highest BCUT2D eigenvalue weighted by Gasteiger charge is 2.23. The Labute approximate surface area is 231 Å². The van der Waals surface area contributed by atoms with E-state index in [-0.39, 0.29) is 31.5 Å². The van der Waals surface area contributed by atoms with Crippen LogP contribution in [0.1, 0.15) is 54.1 Å². The van der Waals surface area contributed by atoms with E-state index < -0.39 is 0 Å². The van der Waals surface area contributed by atoms with Crippen LogP contribution >= 0.6 is 12.2 Å². The van der Waals surface area contributed by atoms with Crippen molar-refractivity contribution in [2.24, 2.45) is 0 Å². The van der Waals surface area contributed by atoms with Gasteiger partial charge >= 0.3 is 0 Å². The Morgan fingerprint density at radius 1 is 1.05 bits per heavy atom. The van der Waals surface area contributed by atoms with Gasteiger partial charge in [-0.05, 0) is 48.2 Å². The molecular formula is C28H40N4O5S. The van der Waals surface area contributed by atoms with Crippen molar-refractivity contribution in [2.45, 2.75) is 45.2 Å². The molecule has 3 rings (SSSR count). The maximum Gasteiger partial charge on any atom is 0.273 e. The monoisotopic (exact) mass is 544 g/mol. The zero-order valence-electron chi connectivity index (χ0n) is 23.0. The first-order valence-corrected chi connectivity index (χ1v) is 13.3. The first-order valence-electron chi connectivity index (χ1n) is 12.8. The summed E-state index contributed by atoms with van der Waals surface area (Å²) in [5, 5.41) is 5.40. The van der Waals surface area contributed by atoms with Crippen LogP contribution in [0.5, 0.6) is 11.5 Å². The van der Waals surface area contributed by atoms with Crippen molar-refractivity contribution in [3.8, 4) is 11.5 Å². The van der Waals surface area contributed by atoms with E-state index in [4.69, 9.17) is 31.2 Å². The van der Waals surface area contributed by atoms with Crippen molar-refractivity contribution < 1.29 is 23.7 Å². The molecule has 1 aliphatic rings. The van der Waals surface area contributed by atoms with E-state index in [0.717, 1.165) is 38.0 Å². The van der Waals surface area contributed by atoms with Crippen LogP contribution in [0.15, 0.2) is 42.5 Å². The fourth-order valence-corrected chi connectivity index (χ4v) is 4.52. The minimum absolute atomic E-state index is 0.0101. The minimum atomic E-state index is -0.347. The summed E-state index contributed by atoms with van der Waals surface area (Å²) < 4.78 is 21.5. The normalized spacial score (nSPS) is 14.3. The van der Waals surface area contributed by atoms with Gasteiger partial charge in [0.2, 0.25) is 0 Å². The lowest BCUT2D eigenvalue weighted by Crippen LogP contribution is -2.52. The van der Waals surface area contributed by atoms with Gasteiger partial charge in [0.15, 0.2) is 18.7 Å². The number of rotatable bonds is 11. The van der Waals surface area contributed by atoms with Crippen LogP contribution in [-0.4, -0.2) is 74.9 Å². The largest absolute Gasteiger partial charge is 0.467 e. The summed E-state index contributed by atoms with van der Waals surface area (Å²) in [4.78, 5) is 15.8. The predicted octanol–water partition coefficient (Wildman–Crippen LogP) is 3.89. The Kier molecular flexibility index (Phi) is 11.6. The number of methoxy groups -OCH3 is 2. The second-order valence-corrected chi connectivity index (χ2v) is 10.0. The van der Waals surface area contributed by atoms with Gasteiger partial charge in [-0.3, -0.25) is 20.1 Å². The minimum Gasteiger partial charge on any atom is -0.467 e. The summed E-state index contributed by atoms with van der Waals surface area (Å²) >= 11 is 5.60. The van der Waals surface area contributed by atoms with E-state index in [1.54, 1.807) is 31.3 Å². The number of ether oxygens (including phenoxy) is 4. The van der Waals surface area contributed by atoms with Gasteiger partial charge in [-0.2, -0.15) is 0 Å². The van der Waals surface area contributed by atoms with E-state index in [1.165, 1.54) is 12.7 Å². The molecule has 0 aliphatic carbocycles. The number of amides is 1. The molecule has 1 aliphatic heterocycles. The number of hydrogen-bond donors (Lipinski definition) is 2. The third-order valence-corrected chi connectivity index (χ3v) is 6.77. The Hall–Kier alpha value is -2.92. The predicted molar refractivity (Wildman–Crippen MR) is 151 cm³/mol. The van der Waals surface area contributed by atoms with E-state index >= 15 is 0 Å². The third-order valence-electron chi connectivity index (χ3n) is 6.38. The van der Waals surface area contributed by atoms with Crippen molar-refractivity contribution in [1.29, 1.82) is 0 Å². The fraction of sp³-hybridized carbons (Fsp3) is 0.500. The molecular weight excluding hydrogens is 504 g/mol. The quantitative estimate of drug-likeness (QED) is 0.249. The number of likely N-dealkylation sites (tertiary alicyclic amines) is 1. The van der Waals surface area contributed by atoms with Crippen LogP contribution in [0.4, 0.5) is 0 Å². The van der Waals surface area contributed by atoms with Gasteiger partial charge in [-0.25, -0.2) is 0 Å². The van der Waals surface area contributed by atoms with Gasteiger partial charge in [-0.1, -0.05) is 44.2 Å². The lowest BCUT2D eigenvalue weighted by molar-refractivity contribution is 0.0448. The second-order valence-electron chi connectivity index (χ2n) is 9.63. The summed E-state index contributed by atoms with van der Waals surface area (Å²) in [5.74, 6) is 0.699. The zero-order valence-corrected chi connectivity index (χ0v) is 23.8. The highest BCUT2D eigenvalue weighted by atomic mass is 32.1. The summed E-state index contributed by atoms with van der Waals surface area (Å²) in [5.41, 5.74) is 5.41. The van der Waals surface area contributed by atoms with Crippen LogP contribution in [0.2, 0.25) is 0 Å². The van der Waals surface area contributed by atoms with E-state index in [2.05, 4.69) is 39.9 Å². The number of benzene rings is 2. The standard InChI is InChI=1S/C28H40N4O5S/c1-20(2)23-15-24(26(37-19-35-5)16-25(23)36-18-34-4)27(33)30-31(3)28(38)29-22-11-13-32(14-12-22)17-21-9-7-6-8-10-21/h6-10,15-16,20,22H,11-14,17-19H2,1-5H3,(H,29,38)(H,30,33). The van der Waals surface area contributed by atoms with Gasteiger partial charge in [0.25, 0.3) is 5.91 Å². The Balaban J connectivity index is 1.60. The Morgan fingerprint density at radius 2 is 1.68 bits per heavy atom. The molecule has 0 spiro atoms. The number of carbonyl (C=O) groups excluding carboxylic acids is 1. The molecule has 10 heteroatoms. The molecule has 38 heavy (non-hydrogen) atoms. The first-order chi connectivity index (χ1) is 18.3. The molecule has 2 N–H and O–H groups in total. The van der Waals surface area contributed by atoms with E-state index in [0.29, 0.717) is 22.2 Å². The van der Waals surface area contributed by atoms with Crippen LogP contribution in [-0.2, 0) is 16.0 Å². The molecule has 0 atom stereocenters. The molecule has 1 heterocycles. The SMILES string of the molecule is COCOc1cc(OCOC)c(C(C)C)cc1C(=O)NN(C)C(=S)NC1CCN(Cc2ccccc2)CC1. The molecule has 1 fully saturated rings. The fourth-order valence-electron chi connectivity index (χ4n) is 4.31. The summed E-state index contributed by atoms with van der Waals surface area (Å²) in [7, 11) is 4.81. The lowest BCUT2D eigenvalue weighted by atomic mass is 9.98. The number of nitrogens with one attached hydrogen (secondary N) is 2. The van der Waals surface area contributed by atoms with Gasteiger partial charge in [-0.15, -0.1) is 0 Å². The van der Waals surface area contributed by atoms with Gasteiger partial charge in [0.05, 0.1) is 5.56 Å². The summed E-state index contributed by atoms with van der Waals surface area (Å²) in [6.45, 7) is 7.06. The molecule has 0 aromatic heterocycles. The number of piperidine rings is 1. The molecule has 1 saturated heterocycles. The molecule has 2 aromatic rings. The number of thiocarbonyl (C=S) groups is 1. The average Bonchev–Trinajstić information content (AvgIpc) is 2.91. The van der Waals surface area contributed by atoms with Gasteiger partial charge in [0.1, 0.15) is 11.5 Å². The molecule has 9 nitrogen and oxygen atoms in total. The smallest absolute Gasteiger partial charge is 0.273 e. The van der Waals surface area contributed by atoms with E-state index in [1.807, 2.05) is 19.9 Å². The number of nitrogens with zero attached hydrogens (tertiary/aromatic N) is 2. The Morgan fingerprint density at radius 3 is 2.29 bits per heavy atom. The topological polar surface area (TPSA) is 84.5 Å². The van der Waals surface area contributed by atoms with Crippen LogP contribution < -0.4 is 20.2 Å². The van der Waals surface area contributed by atoms with E-state index in [9.17, 15) is 4.79 Å². The van der Waals surface area contributed by atoms with Gasteiger partial charge < -0.3 is 24.3 Å². The Bertz CT molecular complexity index is 1050. The molecule has 0 radical (unpaired) electrons. The highest BCUT2D eigenvalue weighted by molar-refractivity contribution is 7.80. The van der Waals surface area contributed by atoms with Crippen molar-refractivity contribution in [1.82, 2.24) is 20.7 Å². The van der Waals surface area contributed by atoms with Crippen molar-refractivity contribution in [3.05, 3.63) is 59.2 Å². The number of hydrogen-bond acceptors (Lipinski definition) is 7. The molecule has 0 unspecified atom stereocenters. The zero-order chi connectivity index (χ0) is 27.5.